The fraction of sp³-hybridized carbons (Fsp3) is 0.400. The quantitative estimate of drug-likeness (QED) is 0.875. The molecule has 7 heteroatoms. The molecule has 22 heavy (non-hydrogen) atoms. The van der Waals surface area contributed by atoms with Gasteiger partial charge in [-0.25, -0.2) is 17.4 Å². The second-order valence-corrected chi connectivity index (χ2v) is 7.47. The molecule has 0 fully saturated rings. The maximum Gasteiger partial charge on any atom is 0.245 e. The summed E-state index contributed by atoms with van der Waals surface area (Å²) in [5.41, 5.74) is 1.93. The van der Waals surface area contributed by atoms with Crippen LogP contribution in [-0.2, 0) is 10.0 Å². The van der Waals surface area contributed by atoms with E-state index in [4.69, 9.17) is 0 Å². The third-order valence-electron chi connectivity index (χ3n) is 3.43. The molecule has 0 aliphatic rings. The van der Waals surface area contributed by atoms with Crippen LogP contribution in [0.5, 0.6) is 0 Å². The van der Waals surface area contributed by atoms with Crippen molar-refractivity contribution < 1.29 is 13.5 Å². The molecule has 0 saturated heterocycles. The Kier molecular flexibility index (Phi) is 5.00. The smallest absolute Gasteiger partial charge is 0.245 e. The molecule has 1 heterocycles. The lowest BCUT2D eigenvalue weighted by atomic mass is 10.2. The number of benzene rings is 1. The van der Waals surface area contributed by atoms with Crippen LogP contribution in [0.25, 0.3) is 5.69 Å². The van der Waals surface area contributed by atoms with Gasteiger partial charge in [0.25, 0.3) is 0 Å². The van der Waals surface area contributed by atoms with Crippen LogP contribution in [0.1, 0.15) is 18.9 Å². The van der Waals surface area contributed by atoms with E-state index in [-0.39, 0.29) is 11.4 Å². The Morgan fingerprint density at radius 1 is 1.32 bits per heavy atom. The highest BCUT2D eigenvalue weighted by Crippen LogP contribution is 2.16. The number of hydrogen-bond donors (Lipinski definition) is 1. The number of aryl methyl sites for hydroxylation is 1. The minimum absolute atomic E-state index is 0.140. The van der Waals surface area contributed by atoms with E-state index < -0.39 is 16.1 Å². The number of nitrogens with zero attached hydrogens (tertiary/aromatic N) is 3. The van der Waals surface area contributed by atoms with Gasteiger partial charge in [-0.2, -0.15) is 5.10 Å². The molecule has 1 unspecified atom stereocenters. The van der Waals surface area contributed by atoms with E-state index in [0.717, 1.165) is 11.3 Å². The number of sulfonamides is 1. The van der Waals surface area contributed by atoms with Crippen molar-refractivity contribution in [1.82, 2.24) is 14.1 Å². The van der Waals surface area contributed by atoms with Gasteiger partial charge in [-0.3, -0.25) is 0 Å². The molecule has 0 spiro atoms. The number of aromatic nitrogens is 2. The lowest BCUT2D eigenvalue weighted by molar-refractivity contribution is 0.177. The first-order chi connectivity index (χ1) is 10.3. The van der Waals surface area contributed by atoms with E-state index in [2.05, 4.69) is 5.10 Å². The molecular formula is C15H21N3O3S. The van der Waals surface area contributed by atoms with Gasteiger partial charge in [0.1, 0.15) is 4.90 Å². The summed E-state index contributed by atoms with van der Waals surface area (Å²) in [5.74, 6) is 0. The first-order valence-corrected chi connectivity index (χ1v) is 8.51. The molecule has 6 nitrogen and oxygen atoms in total. The Bertz CT molecular complexity index is 721. The average Bonchev–Trinajstić information content (AvgIpc) is 2.95. The molecule has 0 aliphatic heterocycles. The van der Waals surface area contributed by atoms with E-state index in [9.17, 15) is 13.5 Å². The highest BCUT2D eigenvalue weighted by molar-refractivity contribution is 7.89. The Morgan fingerprint density at radius 3 is 2.55 bits per heavy atom. The zero-order chi connectivity index (χ0) is 16.3. The first kappa shape index (κ1) is 16.7. The maximum absolute atomic E-state index is 12.4. The molecule has 0 aliphatic carbocycles. The van der Waals surface area contributed by atoms with E-state index in [1.165, 1.54) is 28.4 Å². The van der Waals surface area contributed by atoms with Crippen LogP contribution in [-0.4, -0.2) is 47.3 Å². The van der Waals surface area contributed by atoms with E-state index in [0.29, 0.717) is 6.42 Å². The minimum atomic E-state index is -3.59. The standard InChI is InChI=1S/C15H21N3O3S/c1-12-4-6-14(7-5-12)18-11-15(10-16-18)22(20,21)17(3)9-8-13(2)19/h4-7,10-11,13,19H,8-9H2,1-3H3. The normalized spacial score (nSPS) is 13.5. The summed E-state index contributed by atoms with van der Waals surface area (Å²) in [6.07, 6.45) is 2.70. The largest absolute Gasteiger partial charge is 0.393 e. The lowest BCUT2D eigenvalue weighted by Gasteiger charge is -2.16. The third kappa shape index (κ3) is 3.73. The van der Waals surface area contributed by atoms with Crippen LogP contribution in [0.15, 0.2) is 41.6 Å². The van der Waals surface area contributed by atoms with Gasteiger partial charge >= 0.3 is 0 Å². The van der Waals surface area contributed by atoms with Gasteiger partial charge in [-0.1, -0.05) is 17.7 Å². The summed E-state index contributed by atoms with van der Waals surface area (Å²) in [7, 11) is -2.09. The van der Waals surface area contributed by atoms with Crippen LogP contribution in [0, 0.1) is 6.92 Å². The van der Waals surface area contributed by atoms with Gasteiger partial charge in [-0.15, -0.1) is 0 Å². The second-order valence-electron chi connectivity index (χ2n) is 5.42. The van der Waals surface area contributed by atoms with Gasteiger partial charge in [0, 0.05) is 13.6 Å². The highest BCUT2D eigenvalue weighted by Gasteiger charge is 2.22. The van der Waals surface area contributed by atoms with Gasteiger partial charge in [0.2, 0.25) is 10.0 Å². The molecule has 2 aromatic rings. The molecule has 0 amide bonds. The molecule has 0 radical (unpaired) electrons. The Morgan fingerprint density at radius 2 is 1.95 bits per heavy atom. The van der Waals surface area contributed by atoms with E-state index in [1.54, 1.807) is 6.92 Å². The number of hydrogen-bond acceptors (Lipinski definition) is 4. The molecule has 0 bridgehead atoms. The molecular weight excluding hydrogens is 302 g/mol. The van der Waals surface area contributed by atoms with Crippen LogP contribution in [0.4, 0.5) is 0 Å². The first-order valence-electron chi connectivity index (χ1n) is 7.07. The van der Waals surface area contributed by atoms with Crippen molar-refractivity contribution in [3.8, 4) is 5.69 Å². The van der Waals surface area contributed by atoms with Crippen molar-refractivity contribution in [3.05, 3.63) is 42.2 Å². The topological polar surface area (TPSA) is 75.4 Å². The van der Waals surface area contributed by atoms with Gasteiger partial charge in [-0.05, 0) is 32.4 Å². The van der Waals surface area contributed by atoms with Gasteiger partial charge in [0.15, 0.2) is 0 Å². The Balaban J connectivity index is 2.21. The average molecular weight is 323 g/mol. The number of aliphatic hydroxyl groups is 1. The fourth-order valence-electron chi connectivity index (χ4n) is 1.95. The van der Waals surface area contributed by atoms with Gasteiger partial charge < -0.3 is 5.11 Å². The van der Waals surface area contributed by atoms with Crippen molar-refractivity contribution in [2.45, 2.75) is 31.3 Å². The zero-order valence-electron chi connectivity index (χ0n) is 13.0. The molecule has 2 rings (SSSR count). The van der Waals surface area contributed by atoms with Gasteiger partial charge in [0.05, 0.1) is 24.2 Å². The summed E-state index contributed by atoms with van der Waals surface area (Å²) >= 11 is 0. The third-order valence-corrected chi connectivity index (χ3v) is 5.24. The van der Waals surface area contributed by atoms with Crippen molar-refractivity contribution in [2.75, 3.05) is 13.6 Å². The summed E-state index contributed by atoms with van der Waals surface area (Å²) in [6, 6.07) is 7.66. The second kappa shape index (κ2) is 6.60. The number of aliphatic hydroxyl groups excluding tert-OH is 1. The molecule has 1 atom stereocenters. The summed E-state index contributed by atoms with van der Waals surface area (Å²) in [5, 5.41) is 13.4. The number of rotatable bonds is 6. The fourth-order valence-corrected chi connectivity index (χ4v) is 3.07. The lowest BCUT2D eigenvalue weighted by Crippen LogP contribution is -2.29. The van der Waals surface area contributed by atoms with E-state index in [1.807, 2.05) is 31.2 Å². The SMILES string of the molecule is Cc1ccc(-n2cc(S(=O)(=O)N(C)CCC(C)O)cn2)cc1. The summed E-state index contributed by atoms with van der Waals surface area (Å²) < 4.78 is 27.6. The van der Waals surface area contributed by atoms with Crippen LogP contribution < -0.4 is 0 Å². The van der Waals surface area contributed by atoms with Crippen molar-refractivity contribution in [3.63, 3.8) is 0 Å². The Hall–Kier alpha value is -1.70. The molecule has 0 saturated carbocycles. The molecule has 1 N–H and O–H groups in total. The van der Waals surface area contributed by atoms with Crippen LogP contribution in [0.2, 0.25) is 0 Å². The van der Waals surface area contributed by atoms with Crippen molar-refractivity contribution >= 4 is 10.0 Å². The highest BCUT2D eigenvalue weighted by atomic mass is 32.2. The van der Waals surface area contributed by atoms with E-state index >= 15 is 0 Å². The minimum Gasteiger partial charge on any atom is -0.393 e. The molecule has 1 aromatic carbocycles. The predicted octanol–water partition coefficient (Wildman–Crippen LogP) is 1.57. The van der Waals surface area contributed by atoms with Crippen LogP contribution >= 0.6 is 0 Å². The van der Waals surface area contributed by atoms with Crippen LogP contribution in [0.3, 0.4) is 0 Å². The predicted molar refractivity (Wildman–Crippen MR) is 84.4 cm³/mol. The zero-order valence-corrected chi connectivity index (χ0v) is 13.8. The maximum atomic E-state index is 12.4. The monoisotopic (exact) mass is 323 g/mol. The summed E-state index contributed by atoms with van der Waals surface area (Å²) in [4.78, 5) is 0.140. The van der Waals surface area contributed by atoms with Crippen molar-refractivity contribution in [1.29, 1.82) is 0 Å². The Labute approximate surface area is 131 Å². The summed E-state index contributed by atoms with van der Waals surface area (Å²) in [6.45, 7) is 3.88. The van der Waals surface area contributed by atoms with Crippen molar-refractivity contribution in [2.24, 2.45) is 0 Å². The molecule has 1 aromatic heterocycles. The molecule has 120 valence electrons.